The molecular weight excluding hydrogens is 491 g/mol. The highest BCUT2D eigenvalue weighted by Crippen LogP contribution is 2.19. The first-order valence-corrected chi connectivity index (χ1v) is 11.0. The third-order valence-electron chi connectivity index (χ3n) is 6.07. The summed E-state index contributed by atoms with van der Waals surface area (Å²) in [6.07, 6.45) is 9.51. The van der Waals surface area contributed by atoms with E-state index >= 15 is 0 Å². The van der Waals surface area contributed by atoms with Gasteiger partial charge >= 0.3 is 0 Å². The van der Waals surface area contributed by atoms with Gasteiger partial charge in [-0.05, 0) is 43.4 Å². The fourth-order valence-corrected chi connectivity index (χ4v) is 4.28. The first-order valence-electron chi connectivity index (χ1n) is 11.0. The molecule has 2 fully saturated rings. The topological polar surface area (TPSA) is 49.3 Å². The minimum Gasteiger partial charge on any atom is -0.376 e. The Labute approximate surface area is 197 Å². The van der Waals surface area contributed by atoms with Gasteiger partial charge in [-0.25, -0.2) is 0 Å². The molecule has 7 heteroatoms. The summed E-state index contributed by atoms with van der Waals surface area (Å²) in [7, 11) is 1.87. The van der Waals surface area contributed by atoms with E-state index in [0.29, 0.717) is 12.2 Å². The summed E-state index contributed by atoms with van der Waals surface area (Å²) in [5.74, 6) is 0.982. The van der Waals surface area contributed by atoms with E-state index in [4.69, 9.17) is 9.47 Å². The van der Waals surface area contributed by atoms with Crippen LogP contribution in [0.15, 0.2) is 41.4 Å². The summed E-state index contributed by atoms with van der Waals surface area (Å²) in [5.41, 5.74) is 2.56. The van der Waals surface area contributed by atoms with Gasteiger partial charge < -0.3 is 24.6 Å². The molecule has 0 amide bonds. The van der Waals surface area contributed by atoms with E-state index in [2.05, 4.69) is 56.5 Å². The van der Waals surface area contributed by atoms with E-state index in [0.717, 1.165) is 71.2 Å². The van der Waals surface area contributed by atoms with Crippen LogP contribution in [0.4, 0.5) is 5.69 Å². The van der Waals surface area contributed by atoms with Gasteiger partial charge in [0.25, 0.3) is 0 Å². The Bertz CT molecular complexity index is 688. The van der Waals surface area contributed by atoms with E-state index in [-0.39, 0.29) is 24.0 Å². The fourth-order valence-electron chi connectivity index (χ4n) is 4.28. The molecule has 3 heterocycles. The third kappa shape index (κ3) is 6.34. The predicted octanol–water partition coefficient (Wildman–Crippen LogP) is 3.42. The number of halogens is 1. The van der Waals surface area contributed by atoms with Crippen LogP contribution in [0.5, 0.6) is 0 Å². The van der Waals surface area contributed by atoms with E-state index in [1.807, 2.05) is 7.05 Å². The van der Waals surface area contributed by atoms with E-state index in [1.165, 1.54) is 17.7 Å². The predicted molar refractivity (Wildman–Crippen MR) is 133 cm³/mol. The number of nitrogens with zero attached hydrogens (tertiary/aromatic N) is 3. The van der Waals surface area contributed by atoms with Crippen molar-refractivity contribution in [3.05, 3.63) is 42.0 Å². The Morgan fingerprint density at radius 3 is 2.50 bits per heavy atom. The van der Waals surface area contributed by atoms with Gasteiger partial charge in [0.15, 0.2) is 5.96 Å². The maximum absolute atomic E-state index is 6.09. The van der Waals surface area contributed by atoms with Crippen LogP contribution in [-0.4, -0.2) is 69.5 Å². The Kier molecular flexibility index (Phi) is 9.27. The van der Waals surface area contributed by atoms with Gasteiger partial charge in [0.2, 0.25) is 0 Å². The lowest BCUT2D eigenvalue weighted by Crippen LogP contribution is -2.47. The molecule has 0 radical (unpaired) electrons. The third-order valence-corrected chi connectivity index (χ3v) is 6.07. The zero-order valence-corrected chi connectivity index (χ0v) is 20.3. The van der Waals surface area contributed by atoms with Crippen LogP contribution in [0.3, 0.4) is 0 Å². The molecule has 2 saturated heterocycles. The SMILES string of the molecule is CN=C(NCc1ccc(N2CC=CC2)cc1)N1CCC(OCC2CCCO2)CC1.I. The molecule has 1 atom stereocenters. The molecule has 1 aromatic carbocycles. The minimum absolute atomic E-state index is 0. The number of ether oxygens (including phenoxy) is 2. The molecule has 30 heavy (non-hydrogen) atoms. The van der Waals surface area contributed by atoms with E-state index in [1.54, 1.807) is 0 Å². The lowest BCUT2D eigenvalue weighted by molar-refractivity contribution is -0.0367. The molecule has 0 saturated carbocycles. The Morgan fingerprint density at radius 1 is 1.13 bits per heavy atom. The monoisotopic (exact) mass is 526 g/mol. The maximum atomic E-state index is 6.09. The number of rotatable bonds is 6. The number of guanidine groups is 1. The van der Waals surface area contributed by atoms with Crippen molar-refractivity contribution in [2.45, 2.75) is 44.4 Å². The fraction of sp³-hybridized carbons (Fsp3) is 0.609. The van der Waals surface area contributed by atoms with Crippen molar-refractivity contribution in [3.63, 3.8) is 0 Å². The number of aliphatic imine (C=N–C) groups is 1. The average Bonchev–Trinajstić information content (AvgIpc) is 3.48. The number of anilines is 1. The van der Waals surface area contributed by atoms with Gasteiger partial charge in [-0.3, -0.25) is 4.99 Å². The van der Waals surface area contributed by atoms with Crippen molar-refractivity contribution in [1.29, 1.82) is 0 Å². The largest absolute Gasteiger partial charge is 0.376 e. The van der Waals surface area contributed by atoms with Crippen molar-refractivity contribution >= 4 is 35.6 Å². The van der Waals surface area contributed by atoms with Crippen LogP contribution in [0, 0.1) is 0 Å². The van der Waals surface area contributed by atoms with Crippen LogP contribution in [0.1, 0.15) is 31.2 Å². The maximum Gasteiger partial charge on any atom is 0.193 e. The van der Waals surface area contributed by atoms with Crippen molar-refractivity contribution in [1.82, 2.24) is 10.2 Å². The first-order chi connectivity index (χ1) is 14.3. The van der Waals surface area contributed by atoms with Gasteiger partial charge in [-0.2, -0.15) is 0 Å². The Morgan fingerprint density at radius 2 is 1.87 bits per heavy atom. The molecule has 0 bridgehead atoms. The second kappa shape index (κ2) is 11.9. The zero-order chi connectivity index (χ0) is 19.9. The summed E-state index contributed by atoms with van der Waals surface area (Å²) in [5, 5.41) is 3.53. The molecule has 1 aromatic rings. The van der Waals surface area contributed by atoms with Crippen LogP contribution >= 0.6 is 24.0 Å². The van der Waals surface area contributed by atoms with Crippen LogP contribution < -0.4 is 10.2 Å². The number of likely N-dealkylation sites (tertiary alicyclic amines) is 1. The Balaban J connectivity index is 0.00000256. The van der Waals surface area contributed by atoms with Crippen molar-refractivity contribution in [2.75, 3.05) is 51.3 Å². The summed E-state index contributed by atoms with van der Waals surface area (Å²) in [4.78, 5) is 9.20. The number of hydrogen-bond donors (Lipinski definition) is 1. The van der Waals surface area contributed by atoms with Crippen molar-refractivity contribution < 1.29 is 9.47 Å². The van der Waals surface area contributed by atoms with Crippen molar-refractivity contribution in [3.8, 4) is 0 Å². The van der Waals surface area contributed by atoms with Gasteiger partial charge in [-0.1, -0.05) is 24.3 Å². The van der Waals surface area contributed by atoms with Crippen LogP contribution in [0.2, 0.25) is 0 Å². The highest BCUT2D eigenvalue weighted by atomic mass is 127. The molecule has 0 spiro atoms. The lowest BCUT2D eigenvalue weighted by atomic mass is 10.1. The smallest absolute Gasteiger partial charge is 0.193 e. The molecule has 4 rings (SSSR count). The number of piperidine rings is 1. The van der Waals surface area contributed by atoms with Gasteiger partial charge in [0.05, 0.1) is 18.8 Å². The second-order valence-corrected chi connectivity index (χ2v) is 8.10. The number of nitrogens with one attached hydrogen (secondary N) is 1. The Hall–Kier alpha value is -1.32. The van der Waals surface area contributed by atoms with Crippen LogP contribution in [0.25, 0.3) is 0 Å². The molecule has 1 unspecified atom stereocenters. The highest BCUT2D eigenvalue weighted by Gasteiger charge is 2.24. The second-order valence-electron chi connectivity index (χ2n) is 8.10. The molecule has 1 N–H and O–H groups in total. The highest BCUT2D eigenvalue weighted by molar-refractivity contribution is 14.0. The first kappa shape index (κ1) is 23.3. The van der Waals surface area contributed by atoms with Crippen LogP contribution in [-0.2, 0) is 16.0 Å². The lowest BCUT2D eigenvalue weighted by Gasteiger charge is -2.34. The summed E-state index contributed by atoms with van der Waals surface area (Å²) < 4.78 is 11.8. The number of benzene rings is 1. The summed E-state index contributed by atoms with van der Waals surface area (Å²) in [6, 6.07) is 8.84. The summed E-state index contributed by atoms with van der Waals surface area (Å²) in [6.45, 7) is 6.43. The molecule has 3 aliphatic rings. The van der Waals surface area contributed by atoms with Crippen molar-refractivity contribution in [2.24, 2.45) is 4.99 Å². The minimum atomic E-state index is 0. The molecular formula is C23H35IN4O2. The zero-order valence-electron chi connectivity index (χ0n) is 18.0. The van der Waals surface area contributed by atoms with E-state index in [9.17, 15) is 0 Å². The molecule has 3 aliphatic heterocycles. The molecule has 166 valence electrons. The average molecular weight is 526 g/mol. The normalized spacial score (nSPS) is 22.4. The summed E-state index contributed by atoms with van der Waals surface area (Å²) >= 11 is 0. The standard InChI is InChI=1S/C23H34N4O2.HI/c1-24-23(25-17-19-6-8-20(9-7-19)26-12-2-3-13-26)27-14-10-21(11-15-27)29-18-22-5-4-16-28-22;/h2-3,6-9,21-22H,4-5,10-18H2,1H3,(H,24,25);1H. The molecule has 0 aromatic heterocycles. The van der Waals surface area contributed by atoms with Gasteiger partial charge in [0.1, 0.15) is 0 Å². The van der Waals surface area contributed by atoms with E-state index < -0.39 is 0 Å². The van der Waals surface area contributed by atoms with Gasteiger partial charge in [0, 0.05) is 52.1 Å². The van der Waals surface area contributed by atoms with Gasteiger partial charge in [-0.15, -0.1) is 24.0 Å². The quantitative estimate of drug-likeness (QED) is 0.267. The molecule has 6 nitrogen and oxygen atoms in total. The number of hydrogen-bond acceptors (Lipinski definition) is 4. The molecule has 0 aliphatic carbocycles.